The Hall–Kier alpha value is 0.230. The van der Waals surface area contributed by atoms with Crippen molar-refractivity contribution in [2.45, 2.75) is 32.1 Å². The molecule has 2 aliphatic rings. The van der Waals surface area contributed by atoms with Crippen LogP contribution in [0.1, 0.15) is 32.1 Å². The van der Waals surface area contributed by atoms with E-state index in [-0.39, 0.29) is 5.48 Å². The van der Waals surface area contributed by atoms with Crippen molar-refractivity contribution in [3.63, 3.8) is 0 Å². The fourth-order valence-corrected chi connectivity index (χ4v) is 1.80. The Bertz CT molecular complexity index is 57.8. The maximum Gasteiger partial charge on any atom is 0.0614 e. The molecule has 0 amide bonds. The van der Waals surface area contributed by atoms with E-state index in [2.05, 4.69) is 0 Å². The zero-order valence-corrected chi connectivity index (χ0v) is 8.91. The van der Waals surface area contributed by atoms with Crippen molar-refractivity contribution in [2.75, 3.05) is 25.6 Å². The first-order chi connectivity index (χ1) is 6.00. The maximum atomic E-state index is 5.07. The second-order valence-corrected chi connectivity index (χ2v) is 3.90. The van der Waals surface area contributed by atoms with Gasteiger partial charge in [0, 0.05) is 19.0 Å². The lowest BCUT2D eigenvalue weighted by molar-refractivity contribution is 0.0968. The van der Waals surface area contributed by atoms with Gasteiger partial charge in [0.2, 0.25) is 0 Å². The Kier molecular flexibility index (Phi) is 10.5. The molecule has 0 aromatic carbocycles. The zero-order valence-electron chi connectivity index (χ0n) is 8.09. The number of hydrogen-bond acceptors (Lipinski definition) is 3. The second kappa shape index (κ2) is 10.3. The van der Waals surface area contributed by atoms with Crippen molar-refractivity contribution in [1.82, 2.24) is 0 Å². The van der Waals surface area contributed by atoms with Crippen LogP contribution in [0.4, 0.5) is 0 Å². The van der Waals surface area contributed by atoms with Crippen LogP contribution < -0.4 is 0 Å². The van der Waals surface area contributed by atoms with Gasteiger partial charge < -0.3 is 14.4 Å². The van der Waals surface area contributed by atoms with Crippen molar-refractivity contribution in [1.29, 1.82) is 0 Å². The van der Waals surface area contributed by atoms with Crippen LogP contribution in [0, 0.1) is 0 Å². The van der Waals surface area contributed by atoms with E-state index in [9.17, 15) is 0 Å². The molecule has 0 aromatic heterocycles. The summed E-state index contributed by atoms with van der Waals surface area (Å²) in [5.41, 5.74) is 0. The third-order valence-corrected chi connectivity index (χ3v) is 2.65. The van der Waals surface area contributed by atoms with Gasteiger partial charge in [-0.2, -0.15) is 0 Å². The summed E-state index contributed by atoms with van der Waals surface area (Å²) in [4.78, 5) is 0. The molecule has 0 aromatic rings. The predicted molar refractivity (Wildman–Crippen MR) is 55.9 cm³/mol. The standard InChI is InChI=1S/C5H10O.C4H8OS.H2O/c2*1-2-4-6-5-3-1;/h1-5H2;1-4H2;1H2. The molecule has 2 saturated heterocycles. The Morgan fingerprint density at radius 2 is 1.46 bits per heavy atom. The van der Waals surface area contributed by atoms with E-state index in [1.807, 2.05) is 0 Å². The molecular formula is C9H20O3S. The van der Waals surface area contributed by atoms with Gasteiger partial charge >= 0.3 is 0 Å². The van der Waals surface area contributed by atoms with Gasteiger partial charge in [-0.05, 0) is 44.1 Å². The summed E-state index contributed by atoms with van der Waals surface area (Å²) in [6.45, 7) is 2.96. The molecule has 0 spiro atoms. The molecule has 2 fully saturated rings. The SMILES string of the molecule is C1CCOCC1.C1CCSOC1.O. The fraction of sp³-hybridized carbons (Fsp3) is 1.00. The lowest BCUT2D eigenvalue weighted by atomic mass is 10.2. The van der Waals surface area contributed by atoms with Gasteiger partial charge in [-0.1, -0.05) is 0 Å². The highest BCUT2D eigenvalue weighted by molar-refractivity contribution is 7.94. The van der Waals surface area contributed by atoms with E-state index in [1.54, 1.807) is 12.0 Å². The largest absolute Gasteiger partial charge is 0.412 e. The third kappa shape index (κ3) is 8.56. The van der Waals surface area contributed by atoms with Gasteiger partial charge in [0.1, 0.15) is 0 Å². The summed E-state index contributed by atoms with van der Waals surface area (Å²) in [7, 11) is 0. The molecule has 2 N–H and O–H groups in total. The average Bonchev–Trinajstić information content (AvgIpc) is 2.24. The van der Waals surface area contributed by atoms with Gasteiger partial charge in [-0.15, -0.1) is 0 Å². The molecule has 3 nitrogen and oxygen atoms in total. The van der Waals surface area contributed by atoms with Crippen LogP contribution in [0.15, 0.2) is 0 Å². The van der Waals surface area contributed by atoms with Crippen molar-refractivity contribution in [3.8, 4) is 0 Å². The van der Waals surface area contributed by atoms with Crippen LogP contribution in [-0.4, -0.2) is 31.0 Å². The topological polar surface area (TPSA) is 50.0 Å². The van der Waals surface area contributed by atoms with E-state index in [4.69, 9.17) is 8.92 Å². The van der Waals surface area contributed by atoms with Gasteiger partial charge in [0.15, 0.2) is 0 Å². The molecule has 2 rings (SSSR count). The van der Waals surface area contributed by atoms with Crippen molar-refractivity contribution in [3.05, 3.63) is 0 Å². The highest BCUT2D eigenvalue weighted by Gasteiger charge is 1.96. The maximum absolute atomic E-state index is 5.07. The Morgan fingerprint density at radius 3 is 1.62 bits per heavy atom. The molecule has 0 radical (unpaired) electrons. The molecule has 80 valence electrons. The highest BCUT2D eigenvalue weighted by atomic mass is 32.2. The van der Waals surface area contributed by atoms with E-state index in [0.29, 0.717) is 0 Å². The summed E-state index contributed by atoms with van der Waals surface area (Å²) in [5.74, 6) is 1.19. The molecule has 0 atom stereocenters. The summed E-state index contributed by atoms with van der Waals surface area (Å²) < 4.78 is 10.1. The smallest absolute Gasteiger partial charge is 0.0614 e. The summed E-state index contributed by atoms with van der Waals surface area (Å²) in [5, 5.41) is 0. The van der Waals surface area contributed by atoms with Gasteiger partial charge in [0.25, 0.3) is 0 Å². The van der Waals surface area contributed by atoms with Crippen molar-refractivity contribution in [2.24, 2.45) is 0 Å². The lowest BCUT2D eigenvalue weighted by Crippen LogP contribution is -2.03. The molecule has 2 heterocycles. The predicted octanol–water partition coefficient (Wildman–Crippen LogP) is 1.81. The molecule has 2 aliphatic heterocycles. The molecule has 4 heteroatoms. The third-order valence-electron chi connectivity index (χ3n) is 1.87. The van der Waals surface area contributed by atoms with Crippen LogP contribution in [0.3, 0.4) is 0 Å². The van der Waals surface area contributed by atoms with Crippen LogP contribution in [0.5, 0.6) is 0 Å². The minimum absolute atomic E-state index is 0. The number of ether oxygens (including phenoxy) is 1. The van der Waals surface area contributed by atoms with E-state index in [1.165, 1.54) is 37.9 Å². The van der Waals surface area contributed by atoms with Gasteiger partial charge in [-0.25, -0.2) is 0 Å². The summed E-state index contributed by atoms with van der Waals surface area (Å²) in [6, 6.07) is 0. The first kappa shape index (κ1) is 13.2. The van der Waals surface area contributed by atoms with E-state index >= 15 is 0 Å². The lowest BCUT2D eigenvalue weighted by Gasteiger charge is -2.08. The molecule has 0 unspecified atom stereocenters. The fourth-order valence-electron chi connectivity index (χ4n) is 1.13. The Balaban J connectivity index is 0.000000206. The zero-order chi connectivity index (χ0) is 8.49. The second-order valence-electron chi connectivity index (χ2n) is 3.02. The van der Waals surface area contributed by atoms with Crippen LogP contribution in [-0.2, 0) is 8.92 Å². The minimum Gasteiger partial charge on any atom is -0.412 e. The average molecular weight is 208 g/mol. The van der Waals surface area contributed by atoms with E-state index in [0.717, 1.165) is 19.8 Å². The molecular weight excluding hydrogens is 188 g/mol. The van der Waals surface area contributed by atoms with Crippen LogP contribution >= 0.6 is 12.0 Å². The summed E-state index contributed by atoms with van der Waals surface area (Å²) in [6.07, 6.45) is 6.53. The van der Waals surface area contributed by atoms with Crippen LogP contribution in [0.25, 0.3) is 0 Å². The number of rotatable bonds is 0. The summed E-state index contributed by atoms with van der Waals surface area (Å²) >= 11 is 1.59. The molecule has 0 saturated carbocycles. The monoisotopic (exact) mass is 208 g/mol. The van der Waals surface area contributed by atoms with Crippen molar-refractivity contribution >= 4 is 12.0 Å². The normalized spacial score (nSPS) is 22.2. The van der Waals surface area contributed by atoms with Gasteiger partial charge in [0.05, 0.1) is 6.61 Å². The number of hydrogen-bond donors (Lipinski definition) is 0. The molecule has 0 bridgehead atoms. The molecule has 0 aliphatic carbocycles. The quantitative estimate of drug-likeness (QED) is 0.570. The first-order valence-corrected chi connectivity index (χ1v) is 5.73. The Labute approximate surface area is 84.7 Å². The van der Waals surface area contributed by atoms with E-state index < -0.39 is 0 Å². The first-order valence-electron chi connectivity index (χ1n) is 4.82. The minimum atomic E-state index is 0. The Morgan fingerprint density at radius 1 is 0.769 bits per heavy atom. The highest BCUT2D eigenvalue weighted by Crippen LogP contribution is 2.12. The van der Waals surface area contributed by atoms with Crippen molar-refractivity contribution < 1.29 is 14.4 Å². The van der Waals surface area contributed by atoms with Crippen LogP contribution in [0.2, 0.25) is 0 Å². The van der Waals surface area contributed by atoms with Gasteiger partial charge in [-0.3, -0.25) is 0 Å². The molecule has 13 heavy (non-hydrogen) atoms.